The summed E-state index contributed by atoms with van der Waals surface area (Å²) in [6.45, 7) is 6.18. The van der Waals surface area contributed by atoms with Gasteiger partial charge in [-0.15, -0.1) is 0 Å². The summed E-state index contributed by atoms with van der Waals surface area (Å²) >= 11 is 0. The molecule has 2 aliphatic rings. The molecule has 0 aromatic heterocycles. The lowest BCUT2D eigenvalue weighted by Crippen LogP contribution is -2.46. The molecule has 5 amide bonds. The molecule has 0 bridgehead atoms. The molecule has 1 saturated heterocycles. The lowest BCUT2D eigenvalue weighted by molar-refractivity contribution is -0.134. The molecule has 3 rings (SSSR count). The quantitative estimate of drug-likeness (QED) is 0.634. The first-order valence-corrected chi connectivity index (χ1v) is 9.62. The van der Waals surface area contributed by atoms with Gasteiger partial charge >= 0.3 is 12.1 Å². The van der Waals surface area contributed by atoms with Gasteiger partial charge in [-0.3, -0.25) is 19.8 Å². The number of nitrogens with one attached hydrogen (secondary N) is 3. The molecular formula is C20H25FN4O5. The highest BCUT2D eigenvalue weighted by Crippen LogP contribution is 2.42. The summed E-state index contributed by atoms with van der Waals surface area (Å²) in [6.07, 6.45) is 0.899. The van der Waals surface area contributed by atoms with E-state index in [-0.39, 0.29) is 17.3 Å². The number of rotatable bonds is 5. The zero-order valence-electron chi connectivity index (χ0n) is 17.3. The Kier molecular flexibility index (Phi) is 5.44. The van der Waals surface area contributed by atoms with Crippen molar-refractivity contribution in [2.45, 2.75) is 51.7 Å². The Bertz CT molecular complexity index is 909. The first-order valence-electron chi connectivity index (χ1n) is 9.62. The highest BCUT2D eigenvalue weighted by molar-refractivity contribution is 6.10. The van der Waals surface area contributed by atoms with Crippen molar-refractivity contribution in [1.82, 2.24) is 10.2 Å². The lowest BCUT2D eigenvalue weighted by atomic mass is 9.96. The molecule has 1 aliphatic heterocycles. The van der Waals surface area contributed by atoms with Gasteiger partial charge in [0.1, 0.15) is 23.5 Å². The SMILES string of the molecule is CC(C)(C)OC(=O)Nc1ccc(F)cc1NC(=O)CN1C(=O)NC(C)(C2CC2)C1=O. The number of urea groups is 1. The molecule has 1 aromatic rings. The van der Waals surface area contributed by atoms with Crippen molar-refractivity contribution in [3.63, 3.8) is 0 Å². The number of carbonyl (C=O) groups is 4. The number of hydrogen-bond donors (Lipinski definition) is 3. The highest BCUT2D eigenvalue weighted by Gasteiger charge is 2.56. The van der Waals surface area contributed by atoms with Crippen molar-refractivity contribution >= 4 is 35.3 Å². The number of carbonyl (C=O) groups excluding carboxylic acids is 4. The van der Waals surface area contributed by atoms with Crippen LogP contribution in [0, 0.1) is 11.7 Å². The van der Waals surface area contributed by atoms with Gasteiger partial charge in [0.25, 0.3) is 5.91 Å². The van der Waals surface area contributed by atoms with E-state index in [0.717, 1.165) is 29.9 Å². The molecular weight excluding hydrogens is 395 g/mol. The van der Waals surface area contributed by atoms with Crippen LogP contribution in [0.5, 0.6) is 0 Å². The molecule has 1 heterocycles. The van der Waals surface area contributed by atoms with Gasteiger partial charge in [-0.1, -0.05) is 0 Å². The fourth-order valence-corrected chi connectivity index (χ4v) is 3.27. The first-order chi connectivity index (χ1) is 13.9. The van der Waals surface area contributed by atoms with E-state index in [4.69, 9.17) is 4.74 Å². The Hall–Kier alpha value is -3.17. The van der Waals surface area contributed by atoms with Gasteiger partial charge in [0, 0.05) is 0 Å². The van der Waals surface area contributed by atoms with Crippen molar-refractivity contribution in [3.8, 4) is 0 Å². The lowest BCUT2D eigenvalue weighted by Gasteiger charge is -2.21. The molecule has 1 aliphatic carbocycles. The third kappa shape index (κ3) is 4.69. The predicted molar refractivity (Wildman–Crippen MR) is 106 cm³/mol. The van der Waals surface area contributed by atoms with Gasteiger partial charge in [0.15, 0.2) is 0 Å². The number of halogens is 1. The molecule has 2 fully saturated rings. The monoisotopic (exact) mass is 420 g/mol. The summed E-state index contributed by atoms with van der Waals surface area (Å²) in [6, 6.07) is 2.76. The number of hydrogen-bond acceptors (Lipinski definition) is 5. The van der Waals surface area contributed by atoms with Gasteiger partial charge in [-0.2, -0.15) is 0 Å². The van der Waals surface area contributed by atoms with E-state index in [1.165, 1.54) is 6.07 Å². The van der Waals surface area contributed by atoms with Crippen molar-refractivity contribution < 1.29 is 28.3 Å². The number of nitrogens with zero attached hydrogens (tertiary/aromatic N) is 1. The zero-order valence-corrected chi connectivity index (χ0v) is 17.3. The van der Waals surface area contributed by atoms with E-state index >= 15 is 0 Å². The van der Waals surface area contributed by atoms with Gasteiger partial charge in [-0.25, -0.2) is 14.0 Å². The van der Waals surface area contributed by atoms with Crippen LogP contribution in [-0.2, 0) is 14.3 Å². The molecule has 30 heavy (non-hydrogen) atoms. The van der Waals surface area contributed by atoms with Gasteiger partial charge in [0.05, 0.1) is 11.4 Å². The molecule has 1 saturated carbocycles. The van der Waals surface area contributed by atoms with Crippen LogP contribution in [-0.4, -0.2) is 46.5 Å². The zero-order chi connectivity index (χ0) is 22.3. The van der Waals surface area contributed by atoms with Crippen molar-refractivity contribution in [2.24, 2.45) is 5.92 Å². The molecule has 0 spiro atoms. The minimum absolute atomic E-state index is 0.0251. The molecule has 0 radical (unpaired) electrons. The summed E-state index contributed by atoms with van der Waals surface area (Å²) in [7, 11) is 0. The van der Waals surface area contributed by atoms with E-state index in [0.29, 0.717) is 0 Å². The predicted octanol–water partition coefficient (Wildman–Crippen LogP) is 2.83. The van der Waals surface area contributed by atoms with E-state index in [9.17, 15) is 23.6 Å². The van der Waals surface area contributed by atoms with Crippen LogP contribution in [0.4, 0.5) is 25.4 Å². The van der Waals surface area contributed by atoms with E-state index in [2.05, 4.69) is 16.0 Å². The topological polar surface area (TPSA) is 117 Å². The fourth-order valence-electron chi connectivity index (χ4n) is 3.27. The fraction of sp³-hybridized carbons (Fsp3) is 0.500. The van der Waals surface area contributed by atoms with Crippen LogP contribution in [0.15, 0.2) is 18.2 Å². The Morgan fingerprint density at radius 2 is 1.90 bits per heavy atom. The first kappa shape index (κ1) is 21.5. The third-order valence-corrected chi connectivity index (χ3v) is 4.89. The second-order valence-corrected chi connectivity index (χ2v) is 8.66. The molecule has 1 atom stereocenters. The maximum atomic E-state index is 13.7. The summed E-state index contributed by atoms with van der Waals surface area (Å²) < 4.78 is 18.9. The summed E-state index contributed by atoms with van der Waals surface area (Å²) in [5, 5.41) is 7.53. The van der Waals surface area contributed by atoms with Crippen molar-refractivity contribution in [3.05, 3.63) is 24.0 Å². The van der Waals surface area contributed by atoms with Crippen LogP contribution >= 0.6 is 0 Å². The molecule has 9 nitrogen and oxygen atoms in total. The average molecular weight is 420 g/mol. The number of amides is 5. The Balaban J connectivity index is 1.69. The average Bonchev–Trinajstić information content (AvgIpc) is 3.42. The number of ether oxygens (including phenoxy) is 1. The Morgan fingerprint density at radius 1 is 1.23 bits per heavy atom. The van der Waals surface area contributed by atoms with Gasteiger partial charge < -0.3 is 15.4 Å². The number of anilines is 2. The Morgan fingerprint density at radius 3 is 2.50 bits per heavy atom. The van der Waals surface area contributed by atoms with Gasteiger partial charge in [-0.05, 0) is 64.7 Å². The summed E-state index contributed by atoms with van der Waals surface area (Å²) in [5.41, 5.74) is -1.66. The molecule has 1 aromatic carbocycles. The van der Waals surface area contributed by atoms with E-state index in [1.54, 1.807) is 27.7 Å². The molecule has 162 valence electrons. The largest absolute Gasteiger partial charge is 0.444 e. The van der Waals surface area contributed by atoms with E-state index < -0.39 is 47.4 Å². The smallest absolute Gasteiger partial charge is 0.412 e. The second-order valence-electron chi connectivity index (χ2n) is 8.66. The van der Waals surface area contributed by atoms with Crippen LogP contribution in [0.25, 0.3) is 0 Å². The van der Waals surface area contributed by atoms with Crippen molar-refractivity contribution in [2.75, 3.05) is 17.2 Å². The third-order valence-electron chi connectivity index (χ3n) is 4.89. The Labute approximate surface area is 173 Å². The minimum Gasteiger partial charge on any atom is -0.444 e. The maximum Gasteiger partial charge on any atom is 0.412 e. The molecule has 1 unspecified atom stereocenters. The van der Waals surface area contributed by atoms with Gasteiger partial charge in [0.2, 0.25) is 5.91 Å². The molecule has 10 heteroatoms. The van der Waals surface area contributed by atoms with Crippen molar-refractivity contribution in [1.29, 1.82) is 0 Å². The second kappa shape index (κ2) is 7.58. The van der Waals surface area contributed by atoms with Crippen LogP contribution in [0.2, 0.25) is 0 Å². The number of imide groups is 1. The van der Waals surface area contributed by atoms with Crippen LogP contribution in [0.1, 0.15) is 40.5 Å². The summed E-state index contributed by atoms with van der Waals surface area (Å²) in [5.74, 6) is -1.75. The summed E-state index contributed by atoms with van der Waals surface area (Å²) in [4.78, 5) is 50.2. The van der Waals surface area contributed by atoms with E-state index in [1.807, 2.05) is 0 Å². The molecule has 3 N–H and O–H groups in total. The number of benzene rings is 1. The van der Waals surface area contributed by atoms with Crippen LogP contribution < -0.4 is 16.0 Å². The maximum absolute atomic E-state index is 13.7. The standard InChI is InChI=1S/C20H25FN4O5/c1-19(2,3)30-18(29)23-13-8-7-12(21)9-14(13)22-15(26)10-25-16(27)20(4,11-5-6-11)24-17(25)28/h7-9,11H,5-6,10H2,1-4H3,(H,22,26)(H,23,29)(H,24,28). The minimum atomic E-state index is -1.00. The highest BCUT2D eigenvalue weighted by atomic mass is 19.1. The normalized spacial score (nSPS) is 21.3. The van der Waals surface area contributed by atoms with Crippen LogP contribution in [0.3, 0.4) is 0 Å².